The van der Waals surface area contributed by atoms with E-state index in [1.807, 2.05) is 36.4 Å². The second-order valence-corrected chi connectivity index (χ2v) is 6.09. The maximum Gasteiger partial charge on any atom is 0.164 e. The number of hydrogen-bond donors (Lipinski definition) is 0. The van der Waals surface area contributed by atoms with Crippen molar-refractivity contribution >= 4 is 21.9 Å². The molecule has 0 fully saturated rings. The topological polar surface area (TPSA) is 40.8 Å². The fraction of sp³-hybridized carbons (Fsp3) is 0.182. The Hall–Kier alpha value is -3.14. The van der Waals surface area contributed by atoms with E-state index < -0.39 is 0 Å². The first-order valence-corrected chi connectivity index (χ1v) is 8.43. The summed E-state index contributed by atoms with van der Waals surface area (Å²) in [5, 5.41) is 2.20. The van der Waals surface area contributed by atoms with Gasteiger partial charge >= 0.3 is 0 Å². The summed E-state index contributed by atoms with van der Waals surface area (Å²) in [5.74, 6) is 2.24. The van der Waals surface area contributed by atoms with Gasteiger partial charge in [0.15, 0.2) is 11.5 Å². The number of benzene rings is 3. The van der Waals surface area contributed by atoms with Gasteiger partial charge in [-0.15, -0.1) is 0 Å². The molecule has 0 radical (unpaired) electrons. The maximum absolute atomic E-state index is 6.04. The van der Waals surface area contributed by atoms with E-state index in [2.05, 4.69) is 18.2 Å². The van der Waals surface area contributed by atoms with Crippen molar-refractivity contribution in [1.82, 2.24) is 0 Å². The molecule has 3 aromatic carbocycles. The van der Waals surface area contributed by atoms with Gasteiger partial charge in [-0.1, -0.05) is 30.3 Å². The molecule has 0 atom stereocenters. The van der Waals surface area contributed by atoms with Crippen LogP contribution in [-0.2, 0) is 6.42 Å². The number of para-hydroxylation sites is 2. The van der Waals surface area contributed by atoms with Gasteiger partial charge in [-0.2, -0.15) is 0 Å². The van der Waals surface area contributed by atoms with Gasteiger partial charge in [-0.05, 0) is 23.8 Å². The molecule has 0 saturated heterocycles. The normalized spacial score (nSPS) is 11.0. The summed E-state index contributed by atoms with van der Waals surface area (Å²) in [6.45, 7) is 0. The van der Waals surface area contributed by atoms with Crippen LogP contribution in [0.4, 0.5) is 0 Å². The Bertz CT molecular complexity index is 1080. The SMILES string of the molecule is COc1cc(Cc2cccc(OC)c2OC)c2c(c1)oc1ccccc12. The molecule has 0 aliphatic heterocycles. The quantitative estimate of drug-likeness (QED) is 0.497. The predicted octanol–water partition coefficient (Wildman–Crippen LogP) is 5.20. The largest absolute Gasteiger partial charge is 0.497 e. The molecule has 4 aromatic rings. The van der Waals surface area contributed by atoms with Gasteiger partial charge in [0.1, 0.15) is 16.9 Å². The molecule has 1 heterocycles. The summed E-state index contributed by atoms with van der Waals surface area (Å²) in [6.07, 6.45) is 0.678. The van der Waals surface area contributed by atoms with Crippen LogP contribution in [0, 0.1) is 0 Å². The lowest BCUT2D eigenvalue weighted by Gasteiger charge is -2.13. The number of rotatable bonds is 5. The van der Waals surface area contributed by atoms with E-state index >= 15 is 0 Å². The van der Waals surface area contributed by atoms with E-state index in [1.165, 1.54) is 0 Å². The summed E-state index contributed by atoms with van der Waals surface area (Å²) in [5.41, 5.74) is 3.86. The minimum Gasteiger partial charge on any atom is -0.497 e. The Morgan fingerprint density at radius 1 is 0.769 bits per heavy atom. The lowest BCUT2D eigenvalue weighted by molar-refractivity contribution is 0.352. The number of fused-ring (bicyclic) bond motifs is 3. The van der Waals surface area contributed by atoms with E-state index in [4.69, 9.17) is 18.6 Å². The average molecular weight is 348 g/mol. The van der Waals surface area contributed by atoms with Gasteiger partial charge in [0.05, 0.1) is 21.3 Å². The van der Waals surface area contributed by atoms with Crippen LogP contribution in [0.5, 0.6) is 17.2 Å². The molecule has 4 nitrogen and oxygen atoms in total. The molecule has 1 aromatic heterocycles. The zero-order valence-corrected chi connectivity index (χ0v) is 15.0. The summed E-state index contributed by atoms with van der Waals surface area (Å²) < 4.78 is 22.6. The van der Waals surface area contributed by atoms with Gasteiger partial charge in [0.2, 0.25) is 0 Å². The third kappa shape index (κ3) is 2.64. The van der Waals surface area contributed by atoms with Crippen molar-refractivity contribution in [3.05, 3.63) is 65.7 Å². The van der Waals surface area contributed by atoms with Crippen LogP contribution >= 0.6 is 0 Å². The highest BCUT2D eigenvalue weighted by Crippen LogP contribution is 2.38. The molecule has 132 valence electrons. The second kappa shape index (κ2) is 6.64. The molecule has 0 unspecified atom stereocenters. The number of methoxy groups -OCH3 is 3. The van der Waals surface area contributed by atoms with E-state index in [-0.39, 0.29) is 0 Å². The molecule has 0 amide bonds. The molecule has 4 heteroatoms. The first-order valence-electron chi connectivity index (χ1n) is 8.43. The fourth-order valence-electron chi connectivity index (χ4n) is 3.47. The number of ether oxygens (including phenoxy) is 3. The van der Waals surface area contributed by atoms with Gasteiger partial charge in [-0.25, -0.2) is 0 Å². The van der Waals surface area contributed by atoms with Crippen molar-refractivity contribution in [3.63, 3.8) is 0 Å². The van der Waals surface area contributed by atoms with Gasteiger partial charge in [-0.3, -0.25) is 0 Å². The highest BCUT2D eigenvalue weighted by Gasteiger charge is 2.16. The maximum atomic E-state index is 6.04. The fourth-order valence-corrected chi connectivity index (χ4v) is 3.47. The molecule has 0 bridgehead atoms. The van der Waals surface area contributed by atoms with Crippen molar-refractivity contribution in [2.75, 3.05) is 21.3 Å². The third-order valence-corrected chi connectivity index (χ3v) is 4.63. The number of hydrogen-bond acceptors (Lipinski definition) is 4. The zero-order valence-electron chi connectivity index (χ0n) is 15.0. The highest BCUT2D eigenvalue weighted by atomic mass is 16.5. The van der Waals surface area contributed by atoms with Gasteiger partial charge in [0.25, 0.3) is 0 Å². The predicted molar refractivity (Wildman–Crippen MR) is 103 cm³/mol. The summed E-state index contributed by atoms with van der Waals surface area (Å²) >= 11 is 0. The molecule has 0 aliphatic rings. The smallest absolute Gasteiger partial charge is 0.164 e. The van der Waals surface area contributed by atoms with Crippen LogP contribution in [0.2, 0.25) is 0 Å². The van der Waals surface area contributed by atoms with Crippen molar-refractivity contribution in [3.8, 4) is 17.2 Å². The summed E-state index contributed by atoms with van der Waals surface area (Å²) in [4.78, 5) is 0. The average Bonchev–Trinajstić information content (AvgIpc) is 3.06. The third-order valence-electron chi connectivity index (χ3n) is 4.63. The lowest BCUT2D eigenvalue weighted by atomic mass is 9.98. The van der Waals surface area contributed by atoms with Crippen molar-refractivity contribution < 1.29 is 18.6 Å². The standard InChI is InChI=1S/C22H20O4/c1-23-16-12-15(11-14-7-6-10-19(24-2)22(14)25-3)21-17-8-4-5-9-18(17)26-20(21)13-16/h4-10,12-13H,11H2,1-3H3. The van der Waals surface area contributed by atoms with Crippen molar-refractivity contribution in [2.45, 2.75) is 6.42 Å². The van der Waals surface area contributed by atoms with Crippen LogP contribution in [-0.4, -0.2) is 21.3 Å². The van der Waals surface area contributed by atoms with Crippen LogP contribution < -0.4 is 14.2 Å². The Kier molecular flexibility index (Phi) is 4.17. The van der Waals surface area contributed by atoms with E-state index in [0.29, 0.717) is 6.42 Å². The zero-order chi connectivity index (χ0) is 18.1. The first kappa shape index (κ1) is 16.3. The molecule has 0 N–H and O–H groups in total. The molecular formula is C22H20O4. The molecular weight excluding hydrogens is 328 g/mol. The molecule has 4 rings (SSSR count). The summed E-state index contributed by atoms with van der Waals surface area (Å²) in [7, 11) is 4.98. The van der Waals surface area contributed by atoms with Crippen LogP contribution in [0.3, 0.4) is 0 Å². The first-order chi connectivity index (χ1) is 12.7. The van der Waals surface area contributed by atoms with Crippen LogP contribution in [0.1, 0.15) is 11.1 Å². The molecule has 0 saturated carbocycles. The highest BCUT2D eigenvalue weighted by molar-refractivity contribution is 6.07. The molecule has 0 spiro atoms. The Morgan fingerprint density at radius 2 is 1.62 bits per heavy atom. The minimum absolute atomic E-state index is 0.678. The van der Waals surface area contributed by atoms with Gasteiger partial charge < -0.3 is 18.6 Å². The van der Waals surface area contributed by atoms with Crippen LogP contribution in [0.15, 0.2) is 59.0 Å². The van der Waals surface area contributed by atoms with Crippen molar-refractivity contribution in [2.24, 2.45) is 0 Å². The Labute approximate surface area is 151 Å². The van der Waals surface area contributed by atoms with Gasteiger partial charge in [0, 0.05) is 28.8 Å². The monoisotopic (exact) mass is 348 g/mol. The second-order valence-electron chi connectivity index (χ2n) is 6.09. The molecule has 0 aliphatic carbocycles. The lowest BCUT2D eigenvalue weighted by Crippen LogP contribution is -1.98. The summed E-state index contributed by atoms with van der Waals surface area (Å²) in [6, 6.07) is 18.0. The van der Waals surface area contributed by atoms with Crippen LogP contribution in [0.25, 0.3) is 21.9 Å². The van der Waals surface area contributed by atoms with Crippen molar-refractivity contribution in [1.29, 1.82) is 0 Å². The van der Waals surface area contributed by atoms with E-state index in [1.54, 1.807) is 21.3 Å². The van der Waals surface area contributed by atoms with E-state index in [0.717, 1.165) is 50.3 Å². The molecule has 26 heavy (non-hydrogen) atoms. The number of furan rings is 1. The Morgan fingerprint density at radius 3 is 2.38 bits per heavy atom. The Balaban J connectivity index is 1.94. The minimum atomic E-state index is 0.678. The van der Waals surface area contributed by atoms with E-state index in [9.17, 15) is 0 Å².